The minimum atomic E-state index is -0.330. The Labute approximate surface area is 106 Å². The van der Waals surface area contributed by atoms with Crippen LogP contribution in [0.4, 0.5) is 10.2 Å². The number of fused-ring (bicyclic) bond motifs is 1. The summed E-state index contributed by atoms with van der Waals surface area (Å²) in [6.45, 7) is 0.493. The van der Waals surface area contributed by atoms with Gasteiger partial charge < -0.3 is 10.1 Å². The summed E-state index contributed by atoms with van der Waals surface area (Å²) in [6, 6.07) is 3.11. The topological polar surface area (TPSA) is 46.9 Å². The number of benzene rings is 1. The van der Waals surface area contributed by atoms with Gasteiger partial charge in [0, 0.05) is 25.4 Å². The van der Waals surface area contributed by atoms with Gasteiger partial charge >= 0.3 is 0 Å². The monoisotopic (exact) mass is 299 g/mol. The first-order chi connectivity index (χ1) is 8.13. The van der Waals surface area contributed by atoms with Gasteiger partial charge in [-0.05, 0) is 28.1 Å². The van der Waals surface area contributed by atoms with E-state index in [1.165, 1.54) is 6.07 Å². The molecule has 1 aromatic heterocycles. The summed E-state index contributed by atoms with van der Waals surface area (Å²) in [5, 5.41) is 7.96. The molecule has 0 spiro atoms. The van der Waals surface area contributed by atoms with E-state index in [0.717, 1.165) is 11.8 Å². The molecule has 0 unspecified atom stereocenters. The van der Waals surface area contributed by atoms with Crippen molar-refractivity contribution < 1.29 is 9.18 Å². The van der Waals surface area contributed by atoms with Gasteiger partial charge in [0.2, 0.25) is 0 Å². The zero-order valence-corrected chi connectivity index (χ0v) is 10.8. The third-order valence-corrected chi connectivity index (χ3v) is 3.05. The first-order valence-electron chi connectivity index (χ1n) is 5.12. The number of nitrogens with zero attached hydrogens (tertiary/aromatic N) is 2. The largest absolute Gasteiger partial charge is 0.368 e. The van der Waals surface area contributed by atoms with Crippen LogP contribution in [0.25, 0.3) is 10.9 Å². The molecule has 4 nitrogen and oxygen atoms in total. The lowest BCUT2D eigenvalue weighted by atomic mass is 10.2. The van der Waals surface area contributed by atoms with Crippen molar-refractivity contribution in [3.05, 3.63) is 22.4 Å². The molecule has 0 saturated carbocycles. The molecule has 17 heavy (non-hydrogen) atoms. The molecule has 2 aromatic rings. The fourth-order valence-corrected chi connectivity index (χ4v) is 1.96. The fraction of sp³-hybridized carbons (Fsp3) is 0.273. The molecule has 0 bridgehead atoms. The summed E-state index contributed by atoms with van der Waals surface area (Å²) in [5.74, 6) is 0.264. The summed E-state index contributed by atoms with van der Waals surface area (Å²) in [7, 11) is 1.79. The molecular formula is C11H11BrFN3O. The first kappa shape index (κ1) is 12.0. The van der Waals surface area contributed by atoms with Crippen LogP contribution in [-0.2, 0) is 11.8 Å². The number of aromatic nitrogens is 2. The molecule has 1 aromatic carbocycles. The third kappa shape index (κ3) is 2.31. The SMILES string of the molecule is Cn1nc(NCCC=O)c2cc(F)c(Br)cc21. The van der Waals surface area contributed by atoms with Gasteiger partial charge in [-0.1, -0.05) is 0 Å². The molecule has 0 saturated heterocycles. The highest BCUT2D eigenvalue weighted by Gasteiger charge is 2.11. The van der Waals surface area contributed by atoms with Gasteiger partial charge in [-0.25, -0.2) is 4.39 Å². The van der Waals surface area contributed by atoms with Crippen molar-refractivity contribution in [2.24, 2.45) is 7.05 Å². The Morgan fingerprint density at radius 1 is 1.59 bits per heavy atom. The van der Waals surface area contributed by atoms with Crippen LogP contribution in [-0.4, -0.2) is 22.6 Å². The molecule has 0 atom stereocenters. The van der Waals surface area contributed by atoms with E-state index in [0.29, 0.717) is 28.6 Å². The predicted octanol–water partition coefficient (Wildman–Crippen LogP) is 2.48. The van der Waals surface area contributed by atoms with Crippen LogP contribution in [0.3, 0.4) is 0 Å². The molecule has 0 aliphatic heterocycles. The number of rotatable bonds is 4. The molecule has 0 aliphatic carbocycles. The highest BCUT2D eigenvalue weighted by Crippen LogP contribution is 2.27. The first-order valence-corrected chi connectivity index (χ1v) is 5.92. The van der Waals surface area contributed by atoms with Crippen LogP contribution in [0.15, 0.2) is 16.6 Å². The maximum Gasteiger partial charge on any atom is 0.156 e. The maximum absolute atomic E-state index is 13.5. The van der Waals surface area contributed by atoms with Crippen molar-refractivity contribution in [2.75, 3.05) is 11.9 Å². The van der Waals surface area contributed by atoms with Gasteiger partial charge in [0.1, 0.15) is 12.1 Å². The summed E-state index contributed by atoms with van der Waals surface area (Å²) in [5.41, 5.74) is 0.826. The van der Waals surface area contributed by atoms with Crippen LogP contribution in [0.1, 0.15) is 6.42 Å². The summed E-state index contributed by atoms with van der Waals surface area (Å²) in [4.78, 5) is 10.2. The summed E-state index contributed by atoms with van der Waals surface area (Å²) < 4.78 is 15.5. The zero-order chi connectivity index (χ0) is 12.4. The van der Waals surface area contributed by atoms with E-state index in [4.69, 9.17) is 0 Å². The van der Waals surface area contributed by atoms with Gasteiger partial charge in [0.25, 0.3) is 0 Å². The third-order valence-electron chi connectivity index (χ3n) is 2.45. The van der Waals surface area contributed by atoms with E-state index in [2.05, 4.69) is 26.3 Å². The zero-order valence-electron chi connectivity index (χ0n) is 9.20. The average Bonchev–Trinajstić information content (AvgIpc) is 2.58. The summed E-state index contributed by atoms with van der Waals surface area (Å²) >= 11 is 3.14. The Bertz CT molecular complexity index is 567. The second kappa shape index (κ2) is 4.83. The van der Waals surface area contributed by atoms with Crippen molar-refractivity contribution in [3.63, 3.8) is 0 Å². The molecular weight excluding hydrogens is 289 g/mol. The van der Waals surface area contributed by atoms with Crippen molar-refractivity contribution in [2.45, 2.75) is 6.42 Å². The van der Waals surface area contributed by atoms with Crippen LogP contribution < -0.4 is 5.32 Å². The minimum absolute atomic E-state index is 0.330. The van der Waals surface area contributed by atoms with Crippen molar-refractivity contribution in [3.8, 4) is 0 Å². The van der Waals surface area contributed by atoms with Gasteiger partial charge in [-0.3, -0.25) is 4.68 Å². The lowest BCUT2D eigenvalue weighted by molar-refractivity contribution is -0.107. The number of aryl methyl sites for hydroxylation is 1. The molecule has 0 radical (unpaired) electrons. The highest BCUT2D eigenvalue weighted by molar-refractivity contribution is 9.10. The fourth-order valence-electron chi connectivity index (χ4n) is 1.63. The molecule has 1 heterocycles. The number of carbonyl (C=O) groups excluding carboxylic acids is 1. The second-order valence-electron chi connectivity index (χ2n) is 3.64. The van der Waals surface area contributed by atoms with E-state index in [1.807, 2.05) is 0 Å². The van der Waals surface area contributed by atoms with E-state index >= 15 is 0 Å². The van der Waals surface area contributed by atoms with Crippen LogP contribution in [0.5, 0.6) is 0 Å². The quantitative estimate of drug-likeness (QED) is 0.697. The molecule has 0 aliphatic rings. The lowest BCUT2D eigenvalue weighted by Crippen LogP contribution is -2.03. The maximum atomic E-state index is 13.5. The van der Waals surface area contributed by atoms with Crippen LogP contribution in [0, 0.1) is 5.82 Å². The number of carbonyl (C=O) groups is 1. The van der Waals surface area contributed by atoms with Crippen molar-refractivity contribution in [1.82, 2.24) is 9.78 Å². The Balaban J connectivity index is 2.43. The van der Waals surface area contributed by atoms with E-state index in [9.17, 15) is 9.18 Å². The van der Waals surface area contributed by atoms with E-state index in [1.54, 1.807) is 17.8 Å². The average molecular weight is 300 g/mol. The molecule has 0 fully saturated rings. The number of anilines is 1. The lowest BCUT2D eigenvalue weighted by Gasteiger charge is -2.00. The normalized spacial score (nSPS) is 10.8. The molecule has 90 valence electrons. The van der Waals surface area contributed by atoms with Gasteiger partial charge in [0.05, 0.1) is 9.99 Å². The van der Waals surface area contributed by atoms with E-state index in [-0.39, 0.29) is 5.82 Å². The van der Waals surface area contributed by atoms with E-state index < -0.39 is 0 Å². The Morgan fingerprint density at radius 2 is 2.35 bits per heavy atom. The Kier molecular flexibility index (Phi) is 3.42. The van der Waals surface area contributed by atoms with Gasteiger partial charge in [-0.15, -0.1) is 0 Å². The van der Waals surface area contributed by atoms with Gasteiger partial charge in [0.15, 0.2) is 5.82 Å². The molecule has 0 amide bonds. The van der Waals surface area contributed by atoms with Gasteiger partial charge in [-0.2, -0.15) is 5.10 Å². The smallest absolute Gasteiger partial charge is 0.156 e. The minimum Gasteiger partial charge on any atom is -0.368 e. The number of halogens is 2. The molecule has 2 rings (SSSR count). The number of nitrogens with one attached hydrogen (secondary N) is 1. The van der Waals surface area contributed by atoms with Crippen LogP contribution >= 0.6 is 15.9 Å². The van der Waals surface area contributed by atoms with Crippen molar-refractivity contribution >= 4 is 38.9 Å². The predicted molar refractivity (Wildman–Crippen MR) is 67.5 cm³/mol. The highest BCUT2D eigenvalue weighted by atomic mass is 79.9. The molecule has 1 N–H and O–H groups in total. The number of aldehydes is 1. The molecule has 6 heteroatoms. The summed E-state index contributed by atoms with van der Waals surface area (Å²) in [6.07, 6.45) is 1.23. The number of hydrogen-bond donors (Lipinski definition) is 1. The van der Waals surface area contributed by atoms with Crippen LogP contribution in [0.2, 0.25) is 0 Å². The standard InChI is InChI=1S/C11H11BrFN3O/c1-16-10-6-8(12)9(13)5-7(10)11(15-16)14-3-2-4-17/h4-6H,2-3H2,1H3,(H,14,15). The second-order valence-corrected chi connectivity index (χ2v) is 4.49. The number of hydrogen-bond acceptors (Lipinski definition) is 3. The Morgan fingerprint density at radius 3 is 3.06 bits per heavy atom. The van der Waals surface area contributed by atoms with Crippen molar-refractivity contribution in [1.29, 1.82) is 0 Å². The Hall–Kier alpha value is -1.43.